The molecule has 0 amide bonds. The van der Waals surface area contributed by atoms with Crippen molar-refractivity contribution in [3.63, 3.8) is 0 Å². The molecule has 0 unspecified atom stereocenters. The summed E-state index contributed by atoms with van der Waals surface area (Å²) in [6, 6.07) is 2.89. The molecule has 2 aromatic rings. The summed E-state index contributed by atoms with van der Waals surface area (Å²) in [6.07, 6.45) is 3.94. The van der Waals surface area contributed by atoms with Gasteiger partial charge in [-0.2, -0.15) is 0 Å². The fraction of sp³-hybridized carbons (Fsp3) is 0.111. The van der Waals surface area contributed by atoms with Crippen molar-refractivity contribution < 1.29 is 12.9 Å². The first-order valence-electron chi connectivity index (χ1n) is 4.57. The molecule has 0 saturated heterocycles. The maximum Gasteiger partial charge on any atom is 0.242 e. The predicted molar refractivity (Wildman–Crippen MR) is 59.8 cm³/mol. The van der Waals surface area contributed by atoms with Gasteiger partial charge in [0.25, 0.3) is 0 Å². The third-order valence-corrected chi connectivity index (χ3v) is 3.50. The summed E-state index contributed by atoms with van der Waals surface area (Å²) in [7, 11) is -3.64. The highest BCUT2D eigenvalue weighted by molar-refractivity contribution is 7.89. The third kappa shape index (κ3) is 3.02. The van der Waals surface area contributed by atoms with Gasteiger partial charge in [-0.3, -0.25) is 4.98 Å². The van der Waals surface area contributed by atoms with Crippen LogP contribution in [0.25, 0.3) is 0 Å². The molecule has 0 spiro atoms. The summed E-state index contributed by atoms with van der Waals surface area (Å²) in [6.45, 7) is 0.0470. The maximum atomic E-state index is 11.8. The molecule has 2 rings (SSSR count). The molecular weight excluding hydrogens is 266 g/mol. The van der Waals surface area contributed by atoms with Crippen LogP contribution in [0.5, 0.6) is 0 Å². The summed E-state index contributed by atoms with van der Waals surface area (Å²) < 4.78 is 30.6. The Kier molecular flexibility index (Phi) is 3.41. The number of nitrogens with one attached hydrogen (secondary N) is 1. The number of sulfonamides is 1. The first-order chi connectivity index (χ1) is 8.08. The lowest BCUT2D eigenvalue weighted by Crippen LogP contribution is -2.23. The summed E-state index contributed by atoms with van der Waals surface area (Å²) in [4.78, 5) is 3.72. The second-order valence-electron chi connectivity index (χ2n) is 3.15. The average molecular weight is 274 g/mol. The topological polar surface area (TPSA) is 85.1 Å². The quantitative estimate of drug-likeness (QED) is 0.905. The summed E-state index contributed by atoms with van der Waals surface area (Å²) in [5.41, 5.74) is 0.489. The van der Waals surface area contributed by atoms with E-state index in [4.69, 9.17) is 11.6 Å². The average Bonchev–Trinajstić information content (AvgIpc) is 2.79. The van der Waals surface area contributed by atoms with Crippen molar-refractivity contribution in [2.75, 3.05) is 0 Å². The minimum atomic E-state index is -3.64. The van der Waals surface area contributed by atoms with E-state index in [-0.39, 0.29) is 16.5 Å². The Morgan fingerprint density at radius 3 is 2.88 bits per heavy atom. The Balaban J connectivity index is 2.14. The molecule has 6 nitrogen and oxygen atoms in total. The van der Waals surface area contributed by atoms with Crippen molar-refractivity contribution >= 4 is 21.6 Å². The van der Waals surface area contributed by atoms with Crippen LogP contribution in [-0.2, 0) is 16.6 Å². The SMILES string of the molecule is O=S(=O)(NCc1ccon1)c1cncc(Cl)c1. The Morgan fingerprint density at radius 1 is 1.41 bits per heavy atom. The smallest absolute Gasteiger partial charge is 0.242 e. The molecule has 0 bridgehead atoms. The Bertz CT molecular complexity index is 598. The van der Waals surface area contributed by atoms with Crippen LogP contribution in [-0.4, -0.2) is 18.6 Å². The molecule has 0 radical (unpaired) electrons. The lowest BCUT2D eigenvalue weighted by Gasteiger charge is -2.04. The first-order valence-corrected chi connectivity index (χ1v) is 6.43. The first kappa shape index (κ1) is 12.0. The number of hydrogen-bond acceptors (Lipinski definition) is 5. The maximum absolute atomic E-state index is 11.8. The van der Waals surface area contributed by atoms with Gasteiger partial charge in [-0.25, -0.2) is 13.1 Å². The summed E-state index contributed by atoms with van der Waals surface area (Å²) >= 11 is 5.67. The van der Waals surface area contributed by atoms with Crippen LogP contribution in [0.4, 0.5) is 0 Å². The van der Waals surface area contributed by atoms with Crippen molar-refractivity contribution in [1.82, 2.24) is 14.9 Å². The van der Waals surface area contributed by atoms with E-state index in [1.165, 1.54) is 24.7 Å². The largest absolute Gasteiger partial charge is 0.364 e. The van der Waals surface area contributed by atoms with Gasteiger partial charge in [0.05, 0.1) is 17.3 Å². The van der Waals surface area contributed by atoms with Crippen LogP contribution in [0.3, 0.4) is 0 Å². The number of hydrogen-bond donors (Lipinski definition) is 1. The number of pyridine rings is 1. The standard InChI is InChI=1S/C9H8ClN3O3S/c10-7-3-9(6-11-4-7)17(14,15)12-5-8-1-2-16-13-8/h1-4,6,12H,5H2. The van der Waals surface area contributed by atoms with Crippen molar-refractivity contribution in [2.45, 2.75) is 11.4 Å². The zero-order chi connectivity index (χ0) is 12.3. The molecule has 2 heterocycles. The van der Waals surface area contributed by atoms with E-state index in [0.717, 1.165) is 0 Å². The molecule has 8 heteroatoms. The molecule has 0 atom stereocenters. The zero-order valence-electron chi connectivity index (χ0n) is 8.50. The zero-order valence-corrected chi connectivity index (χ0v) is 10.1. The molecule has 0 aliphatic carbocycles. The van der Waals surface area contributed by atoms with Crippen LogP contribution < -0.4 is 4.72 Å². The number of rotatable bonds is 4. The molecule has 0 aliphatic rings. The summed E-state index contributed by atoms with van der Waals surface area (Å²) in [5, 5.41) is 3.85. The fourth-order valence-electron chi connectivity index (χ4n) is 1.12. The van der Waals surface area contributed by atoms with Gasteiger partial charge in [-0.15, -0.1) is 0 Å². The van der Waals surface area contributed by atoms with Gasteiger partial charge < -0.3 is 4.52 Å². The Labute approximate surface area is 103 Å². The van der Waals surface area contributed by atoms with E-state index in [0.29, 0.717) is 5.69 Å². The third-order valence-electron chi connectivity index (χ3n) is 1.92. The second-order valence-corrected chi connectivity index (χ2v) is 5.36. The highest BCUT2D eigenvalue weighted by atomic mass is 35.5. The van der Waals surface area contributed by atoms with E-state index in [1.807, 2.05) is 0 Å². The minimum absolute atomic E-state index is 0.00787. The van der Waals surface area contributed by atoms with E-state index >= 15 is 0 Å². The molecule has 17 heavy (non-hydrogen) atoms. The fourth-order valence-corrected chi connectivity index (χ4v) is 2.35. The lowest BCUT2D eigenvalue weighted by atomic mass is 10.5. The number of halogens is 1. The highest BCUT2D eigenvalue weighted by Gasteiger charge is 2.15. The molecule has 0 aromatic carbocycles. The van der Waals surface area contributed by atoms with Crippen LogP contribution in [0.2, 0.25) is 5.02 Å². The van der Waals surface area contributed by atoms with Crippen LogP contribution in [0.15, 0.2) is 40.2 Å². The van der Waals surface area contributed by atoms with Crippen molar-refractivity contribution in [2.24, 2.45) is 0 Å². The van der Waals surface area contributed by atoms with Crippen molar-refractivity contribution in [3.05, 3.63) is 41.5 Å². The Morgan fingerprint density at radius 2 is 2.24 bits per heavy atom. The predicted octanol–water partition coefficient (Wildman–Crippen LogP) is 1.20. The van der Waals surface area contributed by atoms with Crippen LogP contribution in [0, 0.1) is 0 Å². The van der Waals surface area contributed by atoms with E-state index in [9.17, 15) is 8.42 Å². The van der Waals surface area contributed by atoms with Gasteiger partial charge in [0.1, 0.15) is 11.2 Å². The van der Waals surface area contributed by atoms with E-state index in [1.54, 1.807) is 6.07 Å². The number of nitrogens with zero attached hydrogens (tertiary/aromatic N) is 2. The van der Waals surface area contributed by atoms with Gasteiger partial charge in [0, 0.05) is 18.5 Å². The van der Waals surface area contributed by atoms with Crippen LogP contribution in [0.1, 0.15) is 5.69 Å². The van der Waals surface area contributed by atoms with Gasteiger partial charge in [-0.05, 0) is 6.07 Å². The normalized spacial score (nSPS) is 11.6. The van der Waals surface area contributed by atoms with Gasteiger partial charge in [-0.1, -0.05) is 16.8 Å². The highest BCUT2D eigenvalue weighted by Crippen LogP contribution is 2.13. The van der Waals surface area contributed by atoms with E-state index in [2.05, 4.69) is 19.4 Å². The monoisotopic (exact) mass is 273 g/mol. The second kappa shape index (κ2) is 4.82. The molecule has 0 aliphatic heterocycles. The number of aromatic nitrogens is 2. The molecule has 1 N–H and O–H groups in total. The lowest BCUT2D eigenvalue weighted by molar-refractivity contribution is 0.411. The summed E-state index contributed by atoms with van der Waals surface area (Å²) in [5.74, 6) is 0. The molecule has 0 fully saturated rings. The van der Waals surface area contributed by atoms with Gasteiger partial charge in [0.2, 0.25) is 10.0 Å². The van der Waals surface area contributed by atoms with Gasteiger partial charge >= 0.3 is 0 Å². The van der Waals surface area contributed by atoms with Crippen molar-refractivity contribution in [3.8, 4) is 0 Å². The van der Waals surface area contributed by atoms with E-state index < -0.39 is 10.0 Å². The molecule has 0 saturated carbocycles. The Hall–Kier alpha value is -1.44. The molecular formula is C9H8ClN3O3S. The minimum Gasteiger partial charge on any atom is -0.364 e. The molecule has 2 aromatic heterocycles. The van der Waals surface area contributed by atoms with Gasteiger partial charge in [0.15, 0.2) is 0 Å². The van der Waals surface area contributed by atoms with Crippen molar-refractivity contribution in [1.29, 1.82) is 0 Å². The molecule has 90 valence electrons. The van der Waals surface area contributed by atoms with Crippen LogP contribution >= 0.6 is 11.6 Å².